The third-order valence-electron chi connectivity index (χ3n) is 8.37. The van der Waals surface area contributed by atoms with Gasteiger partial charge in [-0.05, 0) is 51.1 Å². The van der Waals surface area contributed by atoms with Crippen molar-refractivity contribution in [3.8, 4) is 22.7 Å². The van der Waals surface area contributed by atoms with Gasteiger partial charge in [0, 0.05) is 48.4 Å². The molecular formula is C32H35N9O5S. The van der Waals surface area contributed by atoms with E-state index in [1.54, 1.807) is 46.7 Å². The van der Waals surface area contributed by atoms with Crippen LogP contribution in [-0.4, -0.2) is 98.6 Å². The Kier molecular flexibility index (Phi) is 8.80. The van der Waals surface area contributed by atoms with Crippen LogP contribution in [-0.2, 0) is 14.3 Å². The van der Waals surface area contributed by atoms with Gasteiger partial charge in [0.15, 0.2) is 11.5 Å². The fraction of sp³-hybridized carbons (Fsp3) is 0.375. The van der Waals surface area contributed by atoms with Gasteiger partial charge < -0.3 is 19.5 Å². The number of nitrogens with one attached hydrogen (secondary N) is 2. The molecule has 0 radical (unpaired) electrons. The van der Waals surface area contributed by atoms with E-state index in [9.17, 15) is 9.59 Å². The largest absolute Gasteiger partial charge is 0.494 e. The highest BCUT2D eigenvalue weighted by Gasteiger charge is 2.26. The number of benzene rings is 1. The minimum atomic E-state index is -0.619. The zero-order valence-electron chi connectivity index (χ0n) is 26.1. The third-order valence-corrected chi connectivity index (χ3v) is 9.43. The highest BCUT2D eigenvalue weighted by atomic mass is 32.2. The molecule has 4 aromatic heterocycles. The summed E-state index contributed by atoms with van der Waals surface area (Å²) < 4.78 is 20.0. The molecule has 2 N–H and O–H groups in total. The van der Waals surface area contributed by atoms with Crippen LogP contribution in [0.5, 0.6) is 5.75 Å². The number of ether oxygens (including phenoxy) is 3. The molecule has 244 valence electrons. The summed E-state index contributed by atoms with van der Waals surface area (Å²) in [5.41, 5.74) is 4.52. The zero-order valence-corrected chi connectivity index (χ0v) is 27.0. The quantitative estimate of drug-likeness (QED) is 0.215. The second kappa shape index (κ2) is 13.5. The normalized spacial score (nSPS) is 15.3. The first-order valence-corrected chi connectivity index (χ1v) is 16.6. The summed E-state index contributed by atoms with van der Waals surface area (Å²) in [6, 6.07) is 7.74. The number of rotatable bonds is 9. The first-order chi connectivity index (χ1) is 23.0. The summed E-state index contributed by atoms with van der Waals surface area (Å²) in [6.45, 7) is 5.33. The Bertz CT molecular complexity index is 1940. The van der Waals surface area contributed by atoms with Crippen molar-refractivity contribution in [2.24, 2.45) is 5.92 Å². The lowest BCUT2D eigenvalue weighted by atomic mass is 9.97. The van der Waals surface area contributed by atoms with Crippen LogP contribution < -0.4 is 15.4 Å². The molecule has 1 amide bonds. The van der Waals surface area contributed by atoms with Gasteiger partial charge in [0.2, 0.25) is 0 Å². The lowest BCUT2D eigenvalue weighted by Gasteiger charge is -2.30. The van der Waals surface area contributed by atoms with Gasteiger partial charge in [-0.2, -0.15) is 5.10 Å². The SMILES string of the molecule is CCOC(=O)C1CCN(CCOC(=O)Nc2nn(-c3cc4c(cc3OC)NCCS4)c3cc(-c4cnn5cccnc45)ncc23)CC1. The van der Waals surface area contributed by atoms with Crippen molar-refractivity contribution in [3.05, 3.63) is 49.1 Å². The number of likely N-dealkylation sites (tertiary alicyclic amines) is 1. The molecular weight excluding hydrogens is 622 g/mol. The number of nitrogens with zero attached hydrogens (tertiary/aromatic N) is 7. The number of anilines is 2. The van der Waals surface area contributed by atoms with Gasteiger partial charge in [-0.3, -0.25) is 20.0 Å². The number of thioether (sulfide) groups is 1. The topological polar surface area (TPSA) is 150 Å². The maximum atomic E-state index is 13.0. The summed E-state index contributed by atoms with van der Waals surface area (Å²) in [4.78, 5) is 37.6. The van der Waals surface area contributed by atoms with E-state index in [0.717, 1.165) is 60.1 Å². The lowest BCUT2D eigenvalue weighted by molar-refractivity contribution is -0.149. The Labute approximate surface area is 274 Å². The highest BCUT2D eigenvalue weighted by Crippen LogP contribution is 2.40. The van der Waals surface area contributed by atoms with Crippen molar-refractivity contribution in [2.75, 3.05) is 62.9 Å². The first-order valence-electron chi connectivity index (χ1n) is 15.6. The minimum absolute atomic E-state index is 0.0688. The Morgan fingerprint density at radius 3 is 2.83 bits per heavy atom. The molecule has 0 bridgehead atoms. The number of hydrogen-bond acceptors (Lipinski definition) is 12. The number of piperidine rings is 1. The van der Waals surface area contributed by atoms with E-state index >= 15 is 0 Å². The molecule has 15 heteroatoms. The van der Waals surface area contributed by atoms with Gasteiger partial charge in [-0.15, -0.1) is 16.9 Å². The smallest absolute Gasteiger partial charge is 0.412 e. The second-order valence-corrected chi connectivity index (χ2v) is 12.4. The second-order valence-electron chi connectivity index (χ2n) is 11.2. The number of hydrogen-bond donors (Lipinski definition) is 2. The van der Waals surface area contributed by atoms with Crippen LogP contribution >= 0.6 is 11.8 Å². The fourth-order valence-corrected chi connectivity index (χ4v) is 6.88. The van der Waals surface area contributed by atoms with Crippen LogP contribution in [0.15, 0.2) is 53.9 Å². The van der Waals surface area contributed by atoms with Crippen LogP contribution in [0, 0.1) is 5.92 Å². The maximum Gasteiger partial charge on any atom is 0.412 e. The molecule has 1 saturated heterocycles. The number of carbonyl (C=O) groups excluding carboxylic acids is 2. The summed E-state index contributed by atoms with van der Waals surface area (Å²) in [5, 5.41) is 16.2. The molecule has 0 aliphatic carbocycles. The standard InChI is InChI=1S/C32H35N9O5S/c1-3-45-31(42)20-5-10-39(11-6-20)12-13-46-32(43)37-29-22-18-35-23(21-19-36-40-9-4-7-34-30(21)40)15-25(22)41(38-29)26-17-28-24(16-27(26)44-2)33-8-14-47-28/h4,7,9,15-20,33H,3,5-6,8,10-14H2,1-2H3,(H,37,38,43). The van der Waals surface area contributed by atoms with Crippen LogP contribution in [0.3, 0.4) is 0 Å². The van der Waals surface area contributed by atoms with E-state index < -0.39 is 6.09 Å². The van der Waals surface area contributed by atoms with E-state index in [0.29, 0.717) is 47.0 Å². The third kappa shape index (κ3) is 6.27. The van der Waals surface area contributed by atoms with Crippen molar-refractivity contribution in [2.45, 2.75) is 24.7 Å². The predicted octanol–water partition coefficient (Wildman–Crippen LogP) is 4.48. The monoisotopic (exact) mass is 657 g/mol. The van der Waals surface area contributed by atoms with Crippen molar-refractivity contribution in [1.29, 1.82) is 0 Å². The number of esters is 1. The molecule has 2 aliphatic heterocycles. The molecule has 1 aromatic carbocycles. The van der Waals surface area contributed by atoms with Crippen LogP contribution in [0.2, 0.25) is 0 Å². The van der Waals surface area contributed by atoms with E-state index in [1.807, 2.05) is 37.4 Å². The Morgan fingerprint density at radius 2 is 2.00 bits per heavy atom. The van der Waals surface area contributed by atoms with Crippen molar-refractivity contribution in [1.82, 2.24) is 34.3 Å². The molecule has 47 heavy (non-hydrogen) atoms. The summed E-state index contributed by atoms with van der Waals surface area (Å²) in [5.74, 6) is 1.68. The summed E-state index contributed by atoms with van der Waals surface area (Å²) >= 11 is 1.76. The molecule has 7 rings (SSSR count). The highest BCUT2D eigenvalue weighted by molar-refractivity contribution is 7.99. The van der Waals surface area contributed by atoms with E-state index in [4.69, 9.17) is 24.3 Å². The zero-order chi connectivity index (χ0) is 32.3. The number of amides is 1. The average Bonchev–Trinajstić information content (AvgIpc) is 3.69. The average molecular weight is 658 g/mol. The molecule has 5 aromatic rings. The van der Waals surface area contributed by atoms with Crippen molar-refractivity contribution >= 4 is 51.9 Å². The van der Waals surface area contributed by atoms with Gasteiger partial charge in [-0.25, -0.2) is 19.0 Å². The molecule has 0 unspecified atom stereocenters. The number of methoxy groups -OCH3 is 1. The number of aromatic nitrogens is 6. The summed E-state index contributed by atoms with van der Waals surface area (Å²) in [6.07, 6.45) is 7.81. The Morgan fingerprint density at radius 1 is 1.13 bits per heavy atom. The molecule has 6 heterocycles. The Balaban J connectivity index is 1.15. The van der Waals surface area contributed by atoms with Gasteiger partial charge >= 0.3 is 12.1 Å². The van der Waals surface area contributed by atoms with Crippen molar-refractivity contribution in [3.63, 3.8) is 0 Å². The molecule has 2 aliphatic rings. The molecule has 1 fully saturated rings. The fourth-order valence-electron chi connectivity index (χ4n) is 5.98. The Hall–Kier alpha value is -4.89. The van der Waals surface area contributed by atoms with Crippen LogP contribution in [0.4, 0.5) is 16.3 Å². The van der Waals surface area contributed by atoms with E-state index in [1.165, 1.54) is 0 Å². The minimum Gasteiger partial charge on any atom is -0.494 e. The summed E-state index contributed by atoms with van der Waals surface area (Å²) in [7, 11) is 1.63. The molecule has 0 atom stereocenters. The predicted molar refractivity (Wildman–Crippen MR) is 177 cm³/mol. The first kappa shape index (κ1) is 30.7. The van der Waals surface area contributed by atoms with E-state index in [2.05, 4.69) is 25.6 Å². The number of carbonyl (C=O) groups is 2. The van der Waals surface area contributed by atoms with Crippen molar-refractivity contribution < 1.29 is 23.8 Å². The lowest BCUT2D eigenvalue weighted by Crippen LogP contribution is -2.39. The van der Waals surface area contributed by atoms with Gasteiger partial charge in [0.1, 0.15) is 18.0 Å². The van der Waals surface area contributed by atoms with Gasteiger partial charge in [0.25, 0.3) is 0 Å². The molecule has 0 spiro atoms. The number of fused-ring (bicyclic) bond motifs is 3. The van der Waals surface area contributed by atoms with Gasteiger partial charge in [-0.1, -0.05) is 0 Å². The van der Waals surface area contributed by atoms with Crippen LogP contribution in [0.1, 0.15) is 19.8 Å². The maximum absolute atomic E-state index is 13.0. The van der Waals surface area contributed by atoms with Crippen LogP contribution in [0.25, 0.3) is 33.5 Å². The van der Waals surface area contributed by atoms with E-state index in [-0.39, 0.29) is 18.5 Å². The molecule has 0 saturated carbocycles. The number of pyridine rings is 1. The van der Waals surface area contributed by atoms with Gasteiger partial charge in [0.05, 0.1) is 53.7 Å². The molecule has 14 nitrogen and oxygen atoms in total.